The lowest BCUT2D eigenvalue weighted by molar-refractivity contribution is -0.130. The van der Waals surface area contributed by atoms with E-state index < -0.39 is 11.4 Å². The predicted molar refractivity (Wildman–Crippen MR) is 63.8 cm³/mol. The van der Waals surface area contributed by atoms with E-state index in [4.69, 9.17) is 5.73 Å². The van der Waals surface area contributed by atoms with Crippen molar-refractivity contribution in [3.05, 3.63) is 0 Å². The first kappa shape index (κ1) is 14.9. The van der Waals surface area contributed by atoms with Crippen LogP contribution in [-0.2, 0) is 9.59 Å². The smallest absolute Gasteiger partial charge is 0.242 e. The summed E-state index contributed by atoms with van der Waals surface area (Å²) in [6.07, 6.45) is 0.327. The summed E-state index contributed by atoms with van der Waals surface area (Å²) in [4.78, 5) is 22.5. The summed E-state index contributed by atoms with van der Waals surface area (Å²) in [5, 5.41) is 5.78. The highest BCUT2D eigenvalue weighted by atomic mass is 16.2. The molecule has 16 heavy (non-hydrogen) atoms. The van der Waals surface area contributed by atoms with Crippen molar-refractivity contribution < 1.29 is 9.59 Å². The average molecular weight is 229 g/mol. The Kier molecular flexibility index (Phi) is 4.93. The van der Waals surface area contributed by atoms with E-state index in [1.165, 1.54) is 0 Å². The topological polar surface area (TPSA) is 84.2 Å². The SMILES string of the molecule is CC(C)(C)NCCC(=O)NC(C)(C)C(N)=O. The average Bonchev–Trinajstić information content (AvgIpc) is 1.99. The van der Waals surface area contributed by atoms with Crippen LogP contribution in [0.1, 0.15) is 41.0 Å². The summed E-state index contributed by atoms with van der Waals surface area (Å²) in [6.45, 7) is 9.83. The molecule has 0 saturated carbocycles. The van der Waals surface area contributed by atoms with Crippen molar-refractivity contribution in [2.45, 2.75) is 52.1 Å². The van der Waals surface area contributed by atoms with Crippen molar-refractivity contribution in [1.82, 2.24) is 10.6 Å². The molecular weight excluding hydrogens is 206 g/mol. The van der Waals surface area contributed by atoms with Crippen molar-refractivity contribution in [3.63, 3.8) is 0 Å². The first-order chi connectivity index (χ1) is 7.04. The number of nitrogens with one attached hydrogen (secondary N) is 2. The number of nitrogens with two attached hydrogens (primary N) is 1. The van der Waals surface area contributed by atoms with Crippen LogP contribution in [0.25, 0.3) is 0 Å². The fourth-order valence-corrected chi connectivity index (χ4v) is 1.02. The highest BCUT2D eigenvalue weighted by Crippen LogP contribution is 2.01. The van der Waals surface area contributed by atoms with Gasteiger partial charge in [-0.1, -0.05) is 0 Å². The normalized spacial score (nSPS) is 12.3. The Morgan fingerprint density at radius 1 is 1.12 bits per heavy atom. The van der Waals surface area contributed by atoms with Crippen LogP contribution in [0.4, 0.5) is 0 Å². The van der Waals surface area contributed by atoms with E-state index >= 15 is 0 Å². The van der Waals surface area contributed by atoms with Gasteiger partial charge in [0.2, 0.25) is 11.8 Å². The largest absolute Gasteiger partial charge is 0.368 e. The van der Waals surface area contributed by atoms with Crippen LogP contribution < -0.4 is 16.4 Å². The maximum Gasteiger partial charge on any atom is 0.242 e. The quantitative estimate of drug-likeness (QED) is 0.627. The highest BCUT2D eigenvalue weighted by molar-refractivity contribution is 5.89. The van der Waals surface area contributed by atoms with Crippen molar-refractivity contribution in [1.29, 1.82) is 0 Å². The zero-order valence-corrected chi connectivity index (χ0v) is 10.8. The second kappa shape index (κ2) is 5.30. The molecule has 0 aliphatic carbocycles. The minimum absolute atomic E-state index is 0.0144. The third-order valence-electron chi connectivity index (χ3n) is 2.08. The third-order valence-corrected chi connectivity index (χ3v) is 2.08. The lowest BCUT2D eigenvalue weighted by atomic mass is 10.0. The van der Waals surface area contributed by atoms with Crippen LogP contribution in [0.15, 0.2) is 0 Å². The Morgan fingerprint density at radius 3 is 2.00 bits per heavy atom. The first-order valence-electron chi connectivity index (χ1n) is 5.40. The van der Waals surface area contributed by atoms with E-state index in [9.17, 15) is 9.59 Å². The first-order valence-corrected chi connectivity index (χ1v) is 5.40. The molecule has 0 fully saturated rings. The van der Waals surface area contributed by atoms with Gasteiger partial charge in [0.1, 0.15) is 5.54 Å². The zero-order valence-electron chi connectivity index (χ0n) is 10.8. The van der Waals surface area contributed by atoms with Crippen LogP contribution in [0, 0.1) is 0 Å². The second-order valence-electron chi connectivity index (χ2n) is 5.46. The maximum atomic E-state index is 11.5. The maximum absolute atomic E-state index is 11.5. The van der Waals surface area contributed by atoms with Crippen LogP contribution in [0.3, 0.4) is 0 Å². The van der Waals surface area contributed by atoms with Gasteiger partial charge >= 0.3 is 0 Å². The molecule has 2 amide bonds. The fourth-order valence-electron chi connectivity index (χ4n) is 1.02. The molecule has 0 aromatic heterocycles. The molecule has 0 aromatic carbocycles. The van der Waals surface area contributed by atoms with Gasteiger partial charge in [0.15, 0.2) is 0 Å². The number of rotatable bonds is 5. The Bertz CT molecular complexity index is 267. The summed E-state index contributed by atoms with van der Waals surface area (Å²) in [6, 6.07) is 0. The van der Waals surface area contributed by atoms with Gasteiger partial charge < -0.3 is 16.4 Å². The van der Waals surface area contributed by atoms with E-state index in [0.29, 0.717) is 13.0 Å². The molecule has 0 bridgehead atoms. The van der Waals surface area contributed by atoms with Gasteiger partial charge in [-0.3, -0.25) is 9.59 Å². The Hall–Kier alpha value is -1.10. The van der Waals surface area contributed by atoms with Gasteiger partial charge in [-0.05, 0) is 34.6 Å². The monoisotopic (exact) mass is 229 g/mol. The third kappa shape index (κ3) is 6.40. The van der Waals surface area contributed by atoms with Gasteiger partial charge in [0.25, 0.3) is 0 Å². The molecule has 0 aliphatic heterocycles. The lowest BCUT2D eigenvalue weighted by Crippen LogP contribution is -2.53. The summed E-state index contributed by atoms with van der Waals surface area (Å²) < 4.78 is 0. The second-order valence-corrected chi connectivity index (χ2v) is 5.46. The number of amides is 2. The molecule has 0 aromatic rings. The molecule has 0 spiro atoms. The van der Waals surface area contributed by atoms with Crippen molar-refractivity contribution in [3.8, 4) is 0 Å². The Balaban J connectivity index is 3.97. The van der Waals surface area contributed by atoms with Crippen LogP contribution >= 0.6 is 0 Å². The molecule has 0 saturated heterocycles. The molecule has 0 unspecified atom stereocenters. The minimum atomic E-state index is -0.987. The minimum Gasteiger partial charge on any atom is -0.368 e. The molecular formula is C11H23N3O2. The van der Waals surface area contributed by atoms with Gasteiger partial charge in [-0.25, -0.2) is 0 Å². The molecule has 0 radical (unpaired) electrons. The molecule has 5 nitrogen and oxygen atoms in total. The lowest BCUT2D eigenvalue weighted by Gasteiger charge is -2.23. The summed E-state index contributed by atoms with van der Waals surface area (Å²) in [5.74, 6) is -0.717. The summed E-state index contributed by atoms with van der Waals surface area (Å²) in [7, 11) is 0. The number of hydrogen-bond donors (Lipinski definition) is 3. The van der Waals surface area contributed by atoms with E-state index in [1.54, 1.807) is 13.8 Å². The molecule has 94 valence electrons. The summed E-state index contributed by atoms with van der Waals surface area (Å²) in [5.41, 5.74) is 4.15. The number of hydrogen-bond acceptors (Lipinski definition) is 3. The van der Waals surface area contributed by atoms with Crippen LogP contribution in [0.5, 0.6) is 0 Å². The molecule has 0 rings (SSSR count). The fraction of sp³-hybridized carbons (Fsp3) is 0.818. The standard InChI is InChI=1S/C11H23N3O2/c1-10(2,3)13-7-6-8(15)14-11(4,5)9(12)16/h13H,6-7H2,1-5H3,(H2,12,16)(H,14,15). The molecule has 4 N–H and O–H groups in total. The van der Waals surface area contributed by atoms with Crippen molar-refractivity contribution in [2.75, 3.05) is 6.54 Å². The molecule has 5 heteroatoms. The predicted octanol–water partition coefficient (Wildman–Crippen LogP) is 0.145. The molecule has 0 heterocycles. The van der Waals surface area contributed by atoms with Crippen LogP contribution in [0.2, 0.25) is 0 Å². The van der Waals surface area contributed by atoms with Crippen LogP contribution in [-0.4, -0.2) is 29.4 Å². The highest BCUT2D eigenvalue weighted by Gasteiger charge is 2.26. The van der Waals surface area contributed by atoms with Crippen molar-refractivity contribution in [2.24, 2.45) is 5.73 Å². The van der Waals surface area contributed by atoms with Gasteiger partial charge in [-0.2, -0.15) is 0 Å². The van der Waals surface area contributed by atoms with Gasteiger partial charge in [0, 0.05) is 18.5 Å². The molecule has 0 atom stereocenters. The van der Waals surface area contributed by atoms with E-state index in [0.717, 1.165) is 0 Å². The number of carbonyl (C=O) groups excluding carboxylic acids is 2. The van der Waals surface area contributed by atoms with E-state index in [2.05, 4.69) is 10.6 Å². The van der Waals surface area contributed by atoms with E-state index in [-0.39, 0.29) is 11.4 Å². The van der Waals surface area contributed by atoms with Gasteiger partial charge in [0.05, 0.1) is 0 Å². The number of carbonyl (C=O) groups is 2. The van der Waals surface area contributed by atoms with E-state index in [1.807, 2.05) is 20.8 Å². The Morgan fingerprint density at radius 2 is 1.62 bits per heavy atom. The number of primary amides is 1. The zero-order chi connectivity index (χ0) is 13.0. The molecule has 0 aliphatic rings. The summed E-state index contributed by atoms with van der Waals surface area (Å²) >= 11 is 0. The Labute approximate surface area is 97.2 Å². The van der Waals surface area contributed by atoms with Gasteiger partial charge in [-0.15, -0.1) is 0 Å². The van der Waals surface area contributed by atoms with Crippen molar-refractivity contribution >= 4 is 11.8 Å².